The third-order valence-electron chi connectivity index (χ3n) is 4.34. The predicted octanol–water partition coefficient (Wildman–Crippen LogP) is 4.86. The van der Waals surface area contributed by atoms with Gasteiger partial charge in [-0.05, 0) is 44.2 Å². The molecule has 3 rings (SSSR count). The van der Waals surface area contributed by atoms with Gasteiger partial charge in [-0.2, -0.15) is 0 Å². The molecule has 0 spiro atoms. The van der Waals surface area contributed by atoms with Gasteiger partial charge in [-0.15, -0.1) is 0 Å². The Morgan fingerprint density at radius 1 is 1.19 bits per heavy atom. The molecule has 0 aromatic heterocycles. The Balaban J connectivity index is 1.74. The van der Waals surface area contributed by atoms with Crippen molar-refractivity contribution in [3.8, 4) is 5.75 Å². The lowest BCUT2D eigenvalue weighted by Crippen LogP contribution is -2.35. The van der Waals surface area contributed by atoms with Crippen molar-refractivity contribution in [2.75, 3.05) is 25.5 Å². The lowest BCUT2D eigenvalue weighted by molar-refractivity contribution is 0.102. The largest absolute Gasteiger partial charge is 0.489 e. The van der Waals surface area contributed by atoms with Gasteiger partial charge < -0.3 is 15.0 Å². The first kappa shape index (κ1) is 19.0. The molecule has 1 aliphatic rings. The molecule has 0 aliphatic carbocycles. The van der Waals surface area contributed by atoms with E-state index >= 15 is 0 Å². The maximum atomic E-state index is 13.9. The number of carbonyl (C=O) groups is 1. The van der Waals surface area contributed by atoms with E-state index in [4.69, 9.17) is 27.9 Å². The highest BCUT2D eigenvalue weighted by Crippen LogP contribution is 2.31. The molecular weight excluding hydrogens is 378 g/mol. The van der Waals surface area contributed by atoms with Gasteiger partial charge in [0.25, 0.3) is 5.91 Å². The fraction of sp³-hybridized carbons (Fsp3) is 0.316. The van der Waals surface area contributed by atoms with E-state index in [0.29, 0.717) is 16.5 Å². The molecule has 1 N–H and O–H groups in total. The number of ether oxygens (including phenoxy) is 1. The van der Waals surface area contributed by atoms with E-state index in [0.717, 1.165) is 25.9 Å². The fourth-order valence-electron chi connectivity index (χ4n) is 2.86. The Bertz CT molecular complexity index is 788. The Hall–Kier alpha value is -1.82. The van der Waals surface area contributed by atoms with Crippen molar-refractivity contribution < 1.29 is 13.9 Å². The van der Waals surface area contributed by atoms with Crippen molar-refractivity contribution in [3.05, 3.63) is 57.8 Å². The minimum absolute atomic E-state index is 0.0549. The summed E-state index contributed by atoms with van der Waals surface area (Å²) < 4.78 is 19.9. The molecule has 1 fully saturated rings. The van der Waals surface area contributed by atoms with E-state index in [1.165, 1.54) is 18.2 Å². The first-order chi connectivity index (χ1) is 12.4. The lowest BCUT2D eigenvalue weighted by Gasteiger charge is -2.29. The molecule has 138 valence electrons. The molecule has 0 atom stereocenters. The van der Waals surface area contributed by atoms with Crippen LogP contribution >= 0.6 is 23.2 Å². The van der Waals surface area contributed by atoms with Gasteiger partial charge in [-0.25, -0.2) is 4.39 Å². The Kier molecular flexibility index (Phi) is 6.01. The zero-order chi connectivity index (χ0) is 18.7. The molecule has 1 amide bonds. The molecule has 0 saturated carbocycles. The van der Waals surface area contributed by atoms with Gasteiger partial charge in [0.2, 0.25) is 0 Å². The minimum atomic E-state index is -0.674. The molecule has 0 radical (unpaired) electrons. The van der Waals surface area contributed by atoms with Gasteiger partial charge >= 0.3 is 0 Å². The molecule has 0 bridgehead atoms. The summed E-state index contributed by atoms with van der Waals surface area (Å²) in [5.41, 5.74) is 0.267. The topological polar surface area (TPSA) is 41.6 Å². The van der Waals surface area contributed by atoms with E-state index in [9.17, 15) is 9.18 Å². The summed E-state index contributed by atoms with van der Waals surface area (Å²) in [5.74, 6) is -0.800. The number of rotatable bonds is 4. The van der Waals surface area contributed by atoms with Crippen molar-refractivity contribution in [2.24, 2.45) is 0 Å². The van der Waals surface area contributed by atoms with Crippen molar-refractivity contribution in [2.45, 2.75) is 18.9 Å². The number of halogens is 3. The van der Waals surface area contributed by atoms with E-state index in [-0.39, 0.29) is 16.7 Å². The standard InChI is InChI=1S/C19H19Cl2FN2O2/c1-24-9-7-13(8-10-24)26-17-11-12(5-6-14(17)20)23-19(25)18-15(21)3-2-4-16(18)22/h2-6,11,13H,7-10H2,1H3,(H,23,25). The summed E-state index contributed by atoms with van der Waals surface area (Å²) in [6, 6.07) is 9.03. The third-order valence-corrected chi connectivity index (χ3v) is 4.97. The normalized spacial score (nSPS) is 15.7. The Morgan fingerprint density at radius 3 is 2.62 bits per heavy atom. The molecule has 7 heteroatoms. The van der Waals surface area contributed by atoms with Crippen molar-refractivity contribution >= 4 is 34.8 Å². The third kappa shape index (κ3) is 4.47. The second-order valence-electron chi connectivity index (χ2n) is 6.32. The van der Waals surface area contributed by atoms with Gasteiger partial charge in [-0.1, -0.05) is 29.3 Å². The SMILES string of the molecule is CN1CCC(Oc2cc(NC(=O)c3c(F)cccc3Cl)ccc2Cl)CC1. The molecule has 2 aromatic rings. The van der Waals surface area contributed by atoms with Crippen LogP contribution in [0.3, 0.4) is 0 Å². The number of carbonyl (C=O) groups excluding carboxylic acids is 1. The molecule has 1 heterocycles. The minimum Gasteiger partial charge on any atom is -0.489 e. The van der Waals surface area contributed by atoms with Crippen LogP contribution in [0.1, 0.15) is 23.2 Å². The summed E-state index contributed by atoms with van der Waals surface area (Å²) in [5, 5.41) is 3.16. The Labute approximate surface area is 161 Å². The molecule has 0 unspecified atom stereocenters. The van der Waals surface area contributed by atoms with E-state index < -0.39 is 11.7 Å². The van der Waals surface area contributed by atoms with E-state index in [1.54, 1.807) is 18.2 Å². The van der Waals surface area contributed by atoms with Crippen molar-refractivity contribution in [3.63, 3.8) is 0 Å². The van der Waals surface area contributed by atoms with Gasteiger partial charge in [0, 0.05) is 24.8 Å². The van der Waals surface area contributed by atoms with Crippen LogP contribution in [0.4, 0.5) is 10.1 Å². The maximum Gasteiger partial charge on any atom is 0.260 e. The molecular formula is C19H19Cl2FN2O2. The second kappa shape index (κ2) is 8.25. The van der Waals surface area contributed by atoms with Crippen LogP contribution in [-0.4, -0.2) is 37.0 Å². The van der Waals surface area contributed by atoms with Crippen LogP contribution in [0.5, 0.6) is 5.75 Å². The van der Waals surface area contributed by atoms with Gasteiger partial charge in [0.15, 0.2) is 0 Å². The van der Waals surface area contributed by atoms with Crippen LogP contribution in [0.2, 0.25) is 10.0 Å². The average molecular weight is 397 g/mol. The molecule has 4 nitrogen and oxygen atoms in total. The quantitative estimate of drug-likeness (QED) is 0.802. The highest BCUT2D eigenvalue weighted by atomic mass is 35.5. The van der Waals surface area contributed by atoms with Crippen LogP contribution in [-0.2, 0) is 0 Å². The zero-order valence-electron chi connectivity index (χ0n) is 14.3. The molecule has 2 aromatic carbocycles. The zero-order valence-corrected chi connectivity index (χ0v) is 15.8. The van der Waals surface area contributed by atoms with E-state index in [2.05, 4.69) is 17.3 Å². The first-order valence-corrected chi connectivity index (χ1v) is 9.10. The van der Waals surface area contributed by atoms with Crippen LogP contribution in [0.25, 0.3) is 0 Å². The van der Waals surface area contributed by atoms with Crippen molar-refractivity contribution in [1.29, 1.82) is 0 Å². The van der Waals surface area contributed by atoms with Gasteiger partial charge in [0.05, 0.1) is 15.6 Å². The fourth-order valence-corrected chi connectivity index (χ4v) is 3.27. The number of hydrogen-bond acceptors (Lipinski definition) is 3. The second-order valence-corrected chi connectivity index (χ2v) is 7.13. The van der Waals surface area contributed by atoms with Gasteiger partial charge in [-0.3, -0.25) is 4.79 Å². The van der Waals surface area contributed by atoms with Crippen LogP contribution in [0.15, 0.2) is 36.4 Å². The maximum absolute atomic E-state index is 13.9. The summed E-state index contributed by atoms with van der Waals surface area (Å²) in [6.45, 7) is 1.93. The summed E-state index contributed by atoms with van der Waals surface area (Å²) in [4.78, 5) is 14.6. The molecule has 26 heavy (non-hydrogen) atoms. The monoisotopic (exact) mass is 396 g/mol. The first-order valence-electron chi connectivity index (χ1n) is 8.34. The average Bonchev–Trinajstić information content (AvgIpc) is 2.59. The Morgan fingerprint density at radius 2 is 1.92 bits per heavy atom. The number of piperidine rings is 1. The number of nitrogens with zero attached hydrogens (tertiary/aromatic N) is 1. The highest BCUT2D eigenvalue weighted by molar-refractivity contribution is 6.34. The van der Waals surface area contributed by atoms with Crippen LogP contribution in [0, 0.1) is 5.82 Å². The summed E-state index contributed by atoms with van der Waals surface area (Å²) >= 11 is 12.2. The lowest BCUT2D eigenvalue weighted by atomic mass is 10.1. The van der Waals surface area contributed by atoms with Crippen LogP contribution < -0.4 is 10.1 Å². The molecule has 1 saturated heterocycles. The van der Waals surface area contributed by atoms with E-state index in [1.807, 2.05) is 0 Å². The number of hydrogen-bond donors (Lipinski definition) is 1. The predicted molar refractivity (Wildman–Crippen MR) is 102 cm³/mol. The number of nitrogens with one attached hydrogen (secondary N) is 1. The highest BCUT2D eigenvalue weighted by Gasteiger charge is 2.20. The number of likely N-dealkylation sites (tertiary alicyclic amines) is 1. The summed E-state index contributed by atoms with van der Waals surface area (Å²) in [7, 11) is 2.08. The molecule has 1 aliphatic heterocycles. The number of anilines is 1. The summed E-state index contributed by atoms with van der Waals surface area (Å²) in [6.07, 6.45) is 1.90. The number of amides is 1. The van der Waals surface area contributed by atoms with Gasteiger partial charge in [0.1, 0.15) is 17.7 Å². The smallest absolute Gasteiger partial charge is 0.260 e. The van der Waals surface area contributed by atoms with Crippen molar-refractivity contribution in [1.82, 2.24) is 4.90 Å². The number of benzene rings is 2.